The molecule has 1 aromatic heterocycles. The average Bonchev–Trinajstić information content (AvgIpc) is 3.38. The van der Waals surface area contributed by atoms with Gasteiger partial charge in [-0.3, -0.25) is 4.79 Å². The summed E-state index contributed by atoms with van der Waals surface area (Å²) in [5.41, 5.74) is 6.10. The van der Waals surface area contributed by atoms with Gasteiger partial charge in [-0.15, -0.1) is 0 Å². The molecule has 0 saturated carbocycles. The molecule has 3 aromatic rings. The van der Waals surface area contributed by atoms with Crippen molar-refractivity contribution in [3.05, 3.63) is 64.7 Å². The number of nitrogen functional groups attached to an aromatic ring is 1. The van der Waals surface area contributed by atoms with E-state index in [-0.39, 0.29) is 51.6 Å². The third-order valence-corrected chi connectivity index (χ3v) is 9.00. The number of benzene rings is 2. The van der Waals surface area contributed by atoms with Gasteiger partial charge >= 0.3 is 18.1 Å². The van der Waals surface area contributed by atoms with E-state index in [9.17, 15) is 27.9 Å². The molecule has 0 bridgehead atoms. The summed E-state index contributed by atoms with van der Waals surface area (Å²) in [6, 6.07) is 10.7. The second-order valence-electron chi connectivity index (χ2n) is 11.6. The summed E-state index contributed by atoms with van der Waals surface area (Å²) in [5.74, 6) is -1.80. The standard InChI is InChI=1S/C32H35ClF3N5O5/c1-3-24-31(17-23(38-24)28(42)43)10-12-41(13-11-31)25-16-26(40-30(37)39-25)46-27(32(34,35)36)21-9-8-20(33)15-22(21)18-6-5-7-19(14-18)29(44)45-4-2/h5-9,14-16,23-24,27,38H,3-4,10-13,17H2,1-2H3,(H,42,43)(H2,37,39,40)/t23?,24?,27-/m1/s1. The Balaban J connectivity index is 1.43. The Kier molecular flexibility index (Phi) is 9.64. The van der Waals surface area contributed by atoms with Gasteiger partial charge < -0.3 is 30.5 Å². The number of carboxylic acid groups (broad SMARTS) is 1. The number of hydrogen-bond donors (Lipinski definition) is 3. The lowest BCUT2D eigenvalue weighted by atomic mass is 9.71. The van der Waals surface area contributed by atoms with Gasteiger partial charge in [-0.05, 0) is 73.4 Å². The van der Waals surface area contributed by atoms with Crippen molar-refractivity contribution in [1.29, 1.82) is 0 Å². The Morgan fingerprint density at radius 3 is 2.54 bits per heavy atom. The summed E-state index contributed by atoms with van der Waals surface area (Å²) < 4.78 is 54.8. The van der Waals surface area contributed by atoms with Crippen molar-refractivity contribution < 1.29 is 37.3 Å². The van der Waals surface area contributed by atoms with Gasteiger partial charge in [0.1, 0.15) is 11.9 Å². The van der Waals surface area contributed by atoms with Crippen LogP contribution in [-0.2, 0) is 9.53 Å². The largest absolute Gasteiger partial charge is 0.480 e. The Bertz CT molecular complexity index is 1600. The van der Waals surface area contributed by atoms with Crippen molar-refractivity contribution >= 4 is 35.3 Å². The molecule has 46 heavy (non-hydrogen) atoms. The lowest BCUT2D eigenvalue weighted by Crippen LogP contribution is -2.46. The van der Waals surface area contributed by atoms with Crippen molar-refractivity contribution in [1.82, 2.24) is 15.3 Å². The first-order valence-electron chi connectivity index (χ1n) is 15.0. The van der Waals surface area contributed by atoms with Gasteiger partial charge in [0, 0.05) is 35.8 Å². The fraction of sp³-hybridized carbons (Fsp3) is 0.438. The van der Waals surface area contributed by atoms with Crippen LogP contribution in [0.1, 0.15) is 61.6 Å². The molecule has 246 valence electrons. The summed E-state index contributed by atoms with van der Waals surface area (Å²) in [5, 5.41) is 13.0. The van der Waals surface area contributed by atoms with Crippen molar-refractivity contribution in [2.75, 3.05) is 30.3 Å². The number of hydrogen-bond acceptors (Lipinski definition) is 9. The van der Waals surface area contributed by atoms with Crippen LogP contribution in [0, 0.1) is 5.41 Å². The number of alkyl halides is 3. The lowest BCUT2D eigenvalue weighted by molar-refractivity contribution is -0.198. The van der Waals surface area contributed by atoms with Crippen molar-refractivity contribution in [2.45, 2.75) is 63.9 Å². The lowest BCUT2D eigenvalue weighted by Gasteiger charge is -2.43. The Labute approximate surface area is 269 Å². The highest BCUT2D eigenvalue weighted by Gasteiger charge is 2.50. The van der Waals surface area contributed by atoms with Gasteiger partial charge in [0.05, 0.1) is 12.2 Å². The van der Waals surface area contributed by atoms with Crippen LogP contribution < -0.4 is 20.7 Å². The first-order valence-corrected chi connectivity index (χ1v) is 15.4. The number of halogens is 4. The molecule has 2 aromatic carbocycles. The summed E-state index contributed by atoms with van der Waals surface area (Å²) in [7, 11) is 0. The van der Waals surface area contributed by atoms with Crippen LogP contribution in [0.4, 0.5) is 24.9 Å². The zero-order chi connectivity index (χ0) is 33.2. The van der Waals surface area contributed by atoms with Gasteiger partial charge in [0.25, 0.3) is 0 Å². The van der Waals surface area contributed by atoms with Crippen molar-refractivity contribution in [2.24, 2.45) is 5.41 Å². The molecular weight excluding hydrogens is 627 g/mol. The molecule has 2 aliphatic heterocycles. The number of aliphatic carboxylic acids is 1. The molecule has 0 amide bonds. The first kappa shape index (κ1) is 33.3. The highest BCUT2D eigenvalue weighted by atomic mass is 35.5. The predicted octanol–water partition coefficient (Wildman–Crippen LogP) is 6.05. The monoisotopic (exact) mass is 661 g/mol. The topological polar surface area (TPSA) is 140 Å². The molecule has 4 N–H and O–H groups in total. The maximum atomic E-state index is 14.7. The molecule has 2 aliphatic rings. The van der Waals surface area contributed by atoms with Gasteiger partial charge in [0.15, 0.2) is 0 Å². The predicted molar refractivity (Wildman–Crippen MR) is 166 cm³/mol. The van der Waals surface area contributed by atoms with Crippen LogP contribution in [0.2, 0.25) is 5.02 Å². The van der Waals surface area contributed by atoms with E-state index in [0.29, 0.717) is 43.7 Å². The molecule has 5 rings (SSSR count). The minimum atomic E-state index is -4.88. The number of ether oxygens (including phenoxy) is 2. The number of aromatic nitrogens is 2. The van der Waals surface area contributed by atoms with Gasteiger partial charge in [0.2, 0.25) is 17.9 Å². The van der Waals surface area contributed by atoms with Crippen LogP contribution in [-0.4, -0.2) is 65.0 Å². The smallest absolute Gasteiger partial charge is 0.429 e. The van der Waals surface area contributed by atoms with E-state index >= 15 is 0 Å². The van der Waals surface area contributed by atoms with Gasteiger partial charge in [-0.2, -0.15) is 23.1 Å². The summed E-state index contributed by atoms with van der Waals surface area (Å²) in [6.45, 7) is 4.81. The molecule has 2 fully saturated rings. The molecular formula is C32H35ClF3N5O5. The molecule has 3 heterocycles. The number of carboxylic acids is 1. The van der Waals surface area contributed by atoms with E-state index in [2.05, 4.69) is 15.3 Å². The number of carbonyl (C=O) groups excluding carboxylic acids is 1. The number of esters is 1. The maximum absolute atomic E-state index is 14.7. The zero-order valence-electron chi connectivity index (χ0n) is 25.3. The first-order chi connectivity index (χ1) is 21.8. The summed E-state index contributed by atoms with van der Waals surface area (Å²) in [4.78, 5) is 34.2. The second-order valence-corrected chi connectivity index (χ2v) is 12.0. The number of anilines is 2. The van der Waals surface area contributed by atoms with Crippen LogP contribution >= 0.6 is 11.6 Å². The fourth-order valence-electron chi connectivity index (χ4n) is 6.59. The minimum absolute atomic E-state index is 0.0456. The maximum Gasteiger partial charge on any atom is 0.429 e. The van der Waals surface area contributed by atoms with E-state index in [4.69, 9.17) is 26.8 Å². The molecule has 14 heteroatoms. The van der Waals surface area contributed by atoms with E-state index < -0.39 is 30.3 Å². The molecule has 1 spiro atoms. The number of nitrogens with one attached hydrogen (secondary N) is 1. The number of carbonyl (C=O) groups is 2. The Hall–Kier alpha value is -4.10. The Morgan fingerprint density at radius 2 is 1.89 bits per heavy atom. The van der Waals surface area contributed by atoms with E-state index in [1.54, 1.807) is 19.1 Å². The fourth-order valence-corrected chi connectivity index (χ4v) is 6.76. The zero-order valence-corrected chi connectivity index (χ0v) is 26.1. The van der Waals surface area contributed by atoms with Gasteiger partial charge in [-0.25, -0.2) is 4.79 Å². The number of piperidine rings is 1. The van der Waals surface area contributed by atoms with E-state index in [1.165, 1.54) is 36.4 Å². The molecule has 0 radical (unpaired) electrons. The third-order valence-electron chi connectivity index (χ3n) is 8.77. The molecule has 2 unspecified atom stereocenters. The van der Waals surface area contributed by atoms with Crippen LogP contribution in [0.25, 0.3) is 11.1 Å². The van der Waals surface area contributed by atoms with Crippen molar-refractivity contribution in [3.63, 3.8) is 0 Å². The summed E-state index contributed by atoms with van der Waals surface area (Å²) in [6.07, 6.45) is -4.72. The van der Waals surface area contributed by atoms with Gasteiger partial charge in [-0.1, -0.05) is 36.7 Å². The normalized spacial score (nSPS) is 20.0. The third kappa shape index (κ3) is 7.00. The second kappa shape index (κ2) is 13.3. The molecule has 0 aliphatic carbocycles. The quantitative estimate of drug-likeness (QED) is 0.232. The highest BCUT2D eigenvalue weighted by molar-refractivity contribution is 6.30. The molecule has 3 atom stereocenters. The van der Waals surface area contributed by atoms with Crippen LogP contribution in [0.3, 0.4) is 0 Å². The Morgan fingerprint density at radius 1 is 1.15 bits per heavy atom. The number of nitrogens with zero attached hydrogens (tertiary/aromatic N) is 3. The highest BCUT2D eigenvalue weighted by Crippen LogP contribution is 2.46. The van der Waals surface area contributed by atoms with E-state index in [0.717, 1.165) is 6.42 Å². The average molecular weight is 662 g/mol. The molecule has 2 saturated heterocycles. The van der Waals surface area contributed by atoms with Crippen LogP contribution in [0.15, 0.2) is 48.5 Å². The van der Waals surface area contributed by atoms with Crippen LogP contribution in [0.5, 0.6) is 5.88 Å². The SMILES string of the molecule is CCOC(=O)c1cccc(-c2cc(Cl)ccc2[C@@H](Oc2cc(N3CCC4(CC3)CC(C(=O)O)NC4CC)nc(N)n2)C(F)(F)F)c1. The molecule has 10 nitrogen and oxygen atoms in total. The van der Waals surface area contributed by atoms with Crippen molar-refractivity contribution in [3.8, 4) is 17.0 Å². The summed E-state index contributed by atoms with van der Waals surface area (Å²) >= 11 is 6.22. The van der Waals surface area contributed by atoms with E-state index in [1.807, 2.05) is 11.8 Å². The number of rotatable bonds is 9. The number of nitrogens with two attached hydrogens (primary N) is 1. The minimum Gasteiger partial charge on any atom is -0.480 e.